The van der Waals surface area contributed by atoms with Crippen molar-refractivity contribution in [3.05, 3.63) is 40.0 Å². The van der Waals surface area contributed by atoms with Crippen molar-refractivity contribution in [3.8, 4) is 17.3 Å². The minimum atomic E-state index is 0.654. The van der Waals surface area contributed by atoms with Gasteiger partial charge in [0, 0.05) is 22.3 Å². The quantitative estimate of drug-likeness (QED) is 0.437. The molecule has 30 heavy (non-hydrogen) atoms. The number of ether oxygens (including phenoxy) is 1. The number of hydrogen-bond donors (Lipinski definition) is 1. The maximum absolute atomic E-state index is 5.96. The summed E-state index contributed by atoms with van der Waals surface area (Å²) in [6.45, 7) is 7.40. The zero-order chi connectivity index (χ0) is 21.1. The van der Waals surface area contributed by atoms with Crippen LogP contribution in [0.25, 0.3) is 22.4 Å². The summed E-state index contributed by atoms with van der Waals surface area (Å²) in [5, 5.41) is 0. The maximum Gasteiger partial charge on any atom is 0.213 e. The van der Waals surface area contributed by atoms with Gasteiger partial charge in [0.05, 0.1) is 17.6 Å². The number of imidazole rings is 1. The smallest absolute Gasteiger partial charge is 0.213 e. The highest BCUT2D eigenvalue weighted by molar-refractivity contribution is 9.10. The fourth-order valence-corrected chi connectivity index (χ4v) is 4.75. The summed E-state index contributed by atoms with van der Waals surface area (Å²) in [7, 11) is 2.22. The van der Waals surface area contributed by atoms with E-state index in [0.717, 1.165) is 39.2 Å². The predicted molar refractivity (Wildman–Crippen MR) is 126 cm³/mol. The molecule has 2 aromatic heterocycles. The lowest BCUT2D eigenvalue weighted by atomic mass is 9.92. The number of rotatable bonds is 7. The number of hydrogen-bond acceptors (Lipinski definition) is 4. The maximum atomic E-state index is 5.96. The molecule has 1 fully saturated rings. The fraction of sp³-hybridized carbons (Fsp3) is 0.500. The van der Waals surface area contributed by atoms with Gasteiger partial charge in [0.25, 0.3) is 0 Å². The van der Waals surface area contributed by atoms with E-state index in [9.17, 15) is 0 Å². The third-order valence-corrected chi connectivity index (χ3v) is 6.73. The zero-order valence-electron chi connectivity index (χ0n) is 18.2. The molecule has 4 rings (SSSR count). The summed E-state index contributed by atoms with van der Waals surface area (Å²) in [5.41, 5.74) is 5.45. The van der Waals surface area contributed by atoms with Gasteiger partial charge in [-0.25, -0.2) is 9.97 Å². The first-order chi connectivity index (χ1) is 14.5. The van der Waals surface area contributed by atoms with Crippen molar-refractivity contribution in [2.24, 2.45) is 5.92 Å². The van der Waals surface area contributed by atoms with Gasteiger partial charge in [-0.1, -0.05) is 12.5 Å². The summed E-state index contributed by atoms with van der Waals surface area (Å²) in [5.74, 6) is 2.37. The van der Waals surface area contributed by atoms with Crippen LogP contribution in [0.3, 0.4) is 0 Å². The lowest BCUT2D eigenvalue weighted by molar-refractivity contribution is 0.205. The Labute approximate surface area is 187 Å². The van der Waals surface area contributed by atoms with Crippen molar-refractivity contribution in [2.75, 3.05) is 26.7 Å². The van der Waals surface area contributed by atoms with Gasteiger partial charge in [-0.15, -0.1) is 0 Å². The van der Waals surface area contributed by atoms with Crippen LogP contribution in [0.4, 0.5) is 0 Å². The number of aryl methyl sites for hydroxylation is 2. The van der Waals surface area contributed by atoms with Gasteiger partial charge in [-0.05, 0) is 98.7 Å². The molecule has 6 heteroatoms. The molecule has 0 aliphatic carbocycles. The number of nitrogens with one attached hydrogen (secondary N) is 1. The van der Waals surface area contributed by atoms with E-state index in [2.05, 4.69) is 63.8 Å². The highest BCUT2D eigenvalue weighted by atomic mass is 79.9. The molecule has 5 nitrogen and oxygen atoms in total. The first kappa shape index (κ1) is 21.3. The number of unbranched alkanes of at least 4 members (excludes halogenated alkanes) is 1. The number of likely N-dealkylation sites (tertiary alicyclic amines) is 1. The third kappa shape index (κ3) is 5.03. The Morgan fingerprint density at radius 2 is 1.97 bits per heavy atom. The van der Waals surface area contributed by atoms with Gasteiger partial charge in [-0.2, -0.15) is 0 Å². The van der Waals surface area contributed by atoms with Gasteiger partial charge < -0.3 is 14.6 Å². The molecule has 160 valence electrons. The molecule has 1 N–H and O–H groups in total. The molecule has 1 aromatic carbocycles. The summed E-state index contributed by atoms with van der Waals surface area (Å²) in [6, 6.07) is 6.27. The second-order valence-corrected chi connectivity index (χ2v) is 9.51. The Morgan fingerprint density at radius 3 is 2.77 bits per heavy atom. The normalized spacial score (nSPS) is 15.7. The van der Waals surface area contributed by atoms with Crippen LogP contribution in [0.1, 0.15) is 43.2 Å². The molecular weight excluding hydrogens is 440 g/mol. The van der Waals surface area contributed by atoms with E-state index in [-0.39, 0.29) is 0 Å². The van der Waals surface area contributed by atoms with Crippen molar-refractivity contribution < 1.29 is 4.74 Å². The highest BCUT2D eigenvalue weighted by Gasteiger charge is 2.16. The Morgan fingerprint density at radius 1 is 1.17 bits per heavy atom. The van der Waals surface area contributed by atoms with E-state index in [0.29, 0.717) is 12.5 Å². The van der Waals surface area contributed by atoms with Crippen LogP contribution < -0.4 is 4.74 Å². The number of pyridine rings is 1. The zero-order valence-corrected chi connectivity index (χ0v) is 19.8. The Kier molecular flexibility index (Phi) is 6.74. The number of benzene rings is 1. The van der Waals surface area contributed by atoms with Crippen molar-refractivity contribution >= 4 is 27.0 Å². The number of fused-ring (bicyclic) bond motifs is 1. The number of H-pyrrole nitrogens is 1. The van der Waals surface area contributed by atoms with Gasteiger partial charge in [0.1, 0.15) is 5.82 Å². The highest BCUT2D eigenvalue weighted by Crippen LogP contribution is 2.31. The summed E-state index contributed by atoms with van der Waals surface area (Å²) >= 11 is 3.62. The second kappa shape index (κ2) is 9.48. The molecule has 3 aromatic rings. The minimum Gasteiger partial charge on any atom is -0.478 e. The van der Waals surface area contributed by atoms with Crippen molar-refractivity contribution in [3.63, 3.8) is 0 Å². The Balaban J connectivity index is 1.36. The molecule has 1 saturated heterocycles. The van der Waals surface area contributed by atoms with E-state index < -0.39 is 0 Å². The van der Waals surface area contributed by atoms with E-state index in [1.54, 1.807) is 6.20 Å². The molecule has 0 atom stereocenters. The second-order valence-electron chi connectivity index (χ2n) is 8.66. The van der Waals surface area contributed by atoms with Crippen molar-refractivity contribution in [2.45, 2.75) is 46.0 Å². The minimum absolute atomic E-state index is 0.654. The lowest BCUT2D eigenvalue weighted by Gasteiger charge is -2.28. The van der Waals surface area contributed by atoms with Gasteiger partial charge in [-0.3, -0.25) is 0 Å². The van der Waals surface area contributed by atoms with Gasteiger partial charge in [0.2, 0.25) is 5.88 Å². The molecule has 0 saturated carbocycles. The van der Waals surface area contributed by atoms with Gasteiger partial charge >= 0.3 is 0 Å². The molecule has 3 heterocycles. The van der Waals surface area contributed by atoms with Crippen LogP contribution in [0, 0.1) is 19.8 Å². The number of halogens is 1. The van der Waals surface area contributed by atoms with Gasteiger partial charge in [0.15, 0.2) is 0 Å². The van der Waals surface area contributed by atoms with Crippen LogP contribution in [0.15, 0.2) is 28.9 Å². The number of piperidine rings is 1. The van der Waals surface area contributed by atoms with Crippen LogP contribution >= 0.6 is 15.9 Å². The predicted octanol–water partition coefficient (Wildman–Crippen LogP) is 5.90. The van der Waals surface area contributed by atoms with E-state index >= 15 is 0 Å². The standard InChI is InChI=1S/C24H31BrN4O/c1-16-12-17(2)23-21(13-16)27-24(28-23)19-14-22(26-15-20(19)25)30-11-5-4-6-18-7-9-29(3)10-8-18/h12-15,18H,4-11H2,1-3H3,(H,27,28). The average molecular weight is 471 g/mol. The van der Waals surface area contributed by atoms with Crippen LogP contribution in [-0.4, -0.2) is 46.6 Å². The van der Waals surface area contributed by atoms with E-state index in [1.165, 1.54) is 49.9 Å². The molecule has 0 radical (unpaired) electrons. The Bertz CT molecular complexity index is 1010. The lowest BCUT2D eigenvalue weighted by Crippen LogP contribution is -2.30. The fourth-order valence-electron chi connectivity index (χ4n) is 4.34. The van der Waals surface area contributed by atoms with Crippen LogP contribution in [0.5, 0.6) is 5.88 Å². The molecule has 0 unspecified atom stereocenters. The van der Waals surface area contributed by atoms with E-state index in [4.69, 9.17) is 9.72 Å². The summed E-state index contributed by atoms with van der Waals surface area (Å²) in [4.78, 5) is 15.1. The largest absolute Gasteiger partial charge is 0.478 e. The van der Waals surface area contributed by atoms with Crippen LogP contribution in [-0.2, 0) is 0 Å². The van der Waals surface area contributed by atoms with Crippen molar-refractivity contribution in [1.29, 1.82) is 0 Å². The topological polar surface area (TPSA) is 54.0 Å². The van der Waals surface area contributed by atoms with E-state index in [1.807, 2.05) is 6.07 Å². The molecule has 0 spiro atoms. The molecule has 0 amide bonds. The first-order valence-electron chi connectivity index (χ1n) is 10.9. The molecule has 1 aliphatic heterocycles. The molecular formula is C24H31BrN4O. The number of nitrogens with zero attached hydrogens (tertiary/aromatic N) is 3. The summed E-state index contributed by atoms with van der Waals surface area (Å²) < 4.78 is 6.87. The monoisotopic (exact) mass is 470 g/mol. The third-order valence-electron chi connectivity index (χ3n) is 6.10. The molecule has 0 bridgehead atoms. The first-order valence-corrected chi connectivity index (χ1v) is 11.7. The van der Waals surface area contributed by atoms with Crippen molar-refractivity contribution in [1.82, 2.24) is 19.9 Å². The van der Waals surface area contributed by atoms with Crippen LogP contribution in [0.2, 0.25) is 0 Å². The molecule has 1 aliphatic rings. The number of aromatic nitrogens is 3. The summed E-state index contributed by atoms with van der Waals surface area (Å²) in [6.07, 6.45) is 8.09. The number of aromatic amines is 1. The average Bonchev–Trinajstić information content (AvgIpc) is 3.14. The SMILES string of the molecule is Cc1cc(C)c2nc(-c3cc(OCCCCC4CCN(C)CC4)ncc3Br)[nH]c2c1. The Hall–Kier alpha value is -1.92.